The monoisotopic (exact) mass is 453 g/mol. The van der Waals surface area contributed by atoms with E-state index in [1.807, 2.05) is 12.1 Å². The van der Waals surface area contributed by atoms with Crippen molar-refractivity contribution in [3.05, 3.63) is 57.6 Å². The summed E-state index contributed by atoms with van der Waals surface area (Å²) in [6, 6.07) is 10.3. The summed E-state index contributed by atoms with van der Waals surface area (Å²) in [6.45, 7) is 0.515. The molecule has 0 bridgehead atoms. The van der Waals surface area contributed by atoms with Gasteiger partial charge in [-0.25, -0.2) is 0 Å². The zero-order valence-electron chi connectivity index (χ0n) is 16.0. The lowest BCUT2D eigenvalue weighted by Crippen LogP contribution is -2.42. The van der Waals surface area contributed by atoms with E-state index < -0.39 is 10.8 Å². The second kappa shape index (κ2) is 10.7. The molecular formula is C21H21Cl2NO4S. The van der Waals surface area contributed by atoms with Crippen molar-refractivity contribution in [1.29, 1.82) is 0 Å². The van der Waals surface area contributed by atoms with E-state index in [1.165, 1.54) is 7.11 Å². The number of amides is 1. The first-order chi connectivity index (χ1) is 13.8. The van der Waals surface area contributed by atoms with Gasteiger partial charge in [-0.05, 0) is 36.2 Å². The molecule has 0 aromatic heterocycles. The molecule has 154 valence electrons. The minimum atomic E-state index is -1.50. The van der Waals surface area contributed by atoms with Gasteiger partial charge in [-0.1, -0.05) is 41.3 Å². The lowest BCUT2D eigenvalue weighted by atomic mass is 10.1. The molecule has 1 atom stereocenters. The van der Waals surface area contributed by atoms with Crippen LogP contribution in [0.3, 0.4) is 0 Å². The zero-order valence-corrected chi connectivity index (χ0v) is 18.4. The predicted molar refractivity (Wildman–Crippen MR) is 118 cm³/mol. The van der Waals surface area contributed by atoms with Gasteiger partial charge in [-0.2, -0.15) is 0 Å². The molecule has 0 spiro atoms. The lowest BCUT2D eigenvalue weighted by Gasteiger charge is -2.26. The number of hydrogen-bond acceptors (Lipinski definition) is 5. The molecule has 0 saturated carbocycles. The number of methoxy groups -OCH3 is 2. The molecule has 1 unspecified atom stereocenters. The third kappa shape index (κ3) is 5.74. The Kier molecular flexibility index (Phi) is 8.54. The van der Waals surface area contributed by atoms with Gasteiger partial charge in [0.1, 0.15) is 6.61 Å². The van der Waals surface area contributed by atoms with Crippen molar-refractivity contribution in [3.8, 4) is 23.8 Å². The van der Waals surface area contributed by atoms with Crippen molar-refractivity contribution in [2.45, 2.75) is 11.4 Å². The summed E-state index contributed by atoms with van der Waals surface area (Å²) >= 11 is 16.4. The van der Waals surface area contributed by atoms with Crippen LogP contribution in [0.5, 0.6) is 11.5 Å². The van der Waals surface area contributed by atoms with Crippen molar-refractivity contribution < 1.29 is 19.0 Å². The van der Waals surface area contributed by atoms with Crippen LogP contribution in [-0.2, 0) is 20.9 Å². The van der Waals surface area contributed by atoms with E-state index >= 15 is 0 Å². The molecule has 29 heavy (non-hydrogen) atoms. The Morgan fingerprint density at radius 2 is 1.93 bits per heavy atom. The molecule has 1 N–H and O–H groups in total. The van der Waals surface area contributed by atoms with Crippen LogP contribution in [0.2, 0.25) is 10.0 Å². The van der Waals surface area contributed by atoms with E-state index in [4.69, 9.17) is 43.8 Å². The van der Waals surface area contributed by atoms with Crippen LogP contribution in [0.4, 0.5) is 0 Å². The van der Waals surface area contributed by atoms with Gasteiger partial charge in [-0.15, -0.1) is 19.1 Å². The molecule has 0 heterocycles. The van der Waals surface area contributed by atoms with Gasteiger partial charge in [0, 0.05) is 19.2 Å². The van der Waals surface area contributed by atoms with E-state index in [-0.39, 0.29) is 6.61 Å². The molecule has 2 aromatic carbocycles. The van der Waals surface area contributed by atoms with Crippen molar-refractivity contribution in [1.82, 2.24) is 5.32 Å². The zero-order chi connectivity index (χ0) is 21.4. The Hall–Kier alpha value is -2.04. The first-order valence-corrected chi connectivity index (χ1v) is 9.80. The van der Waals surface area contributed by atoms with Crippen LogP contribution in [-0.4, -0.2) is 33.3 Å². The first-order valence-electron chi connectivity index (χ1n) is 8.60. The van der Waals surface area contributed by atoms with E-state index in [9.17, 15) is 4.79 Å². The summed E-state index contributed by atoms with van der Waals surface area (Å²) in [5.74, 6) is 3.13. The van der Waals surface area contributed by atoms with Gasteiger partial charge in [0.05, 0.1) is 17.2 Å². The number of benzene rings is 2. The summed E-state index contributed by atoms with van der Waals surface area (Å²) in [5, 5.41) is 3.52. The fraction of sp³-hybridized carbons (Fsp3) is 0.286. The average Bonchev–Trinajstić information content (AvgIpc) is 2.73. The van der Waals surface area contributed by atoms with E-state index in [0.717, 1.165) is 5.56 Å². The van der Waals surface area contributed by atoms with Crippen molar-refractivity contribution in [2.24, 2.45) is 0 Å². The number of nitrogens with one attached hydrogen (secondary N) is 1. The van der Waals surface area contributed by atoms with Crippen molar-refractivity contribution in [3.63, 3.8) is 0 Å². The van der Waals surface area contributed by atoms with Crippen LogP contribution in [0, 0.1) is 12.3 Å². The van der Waals surface area contributed by atoms with Gasteiger partial charge in [0.15, 0.2) is 11.5 Å². The molecule has 0 aliphatic carbocycles. The van der Waals surface area contributed by atoms with Crippen LogP contribution in [0.15, 0.2) is 36.4 Å². The van der Waals surface area contributed by atoms with Crippen molar-refractivity contribution in [2.75, 3.05) is 27.4 Å². The predicted octanol–water partition coefficient (Wildman–Crippen LogP) is 4.10. The summed E-state index contributed by atoms with van der Waals surface area (Å²) in [5.41, 5.74) is 1.43. The quantitative estimate of drug-likeness (QED) is 0.340. The molecule has 5 nitrogen and oxygen atoms in total. The van der Waals surface area contributed by atoms with E-state index in [2.05, 4.69) is 23.9 Å². The molecular weight excluding hydrogens is 433 g/mol. The fourth-order valence-electron chi connectivity index (χ4n) is 2.59. The van der Waals surface area contributed by atoms with Crippen LogP contribution in [0.25, 0.3) is 0 Å². The smallest absolute Gasteiger partial charge is 0.267 e. The van der Waals surface area contributed by atoms with Gasteiger partial charge >= 0.3 is 0 Å². The Bertz CT molecular complexity index is 916. The lowest BCUT2D eigenvalue weighted by molar-refractivity contribution is -0.134. The number of ether oxygens (including phenoxy) is 3. The highest BCUT2D eigenvalue weighted by molar-refractivity contribution is 7.82. The third-order valence-corrected chi connectivity index (χ3v) is 5.54. The minimum absolute atomic E-state index is 0.154. The van der Waals surface area contributed by atoms with Crippen LogP contribution in [0.1, 0.15) is 11.1 Å². The molecule has 0 radical (unpaired) electrons. The normalized spacial score (nSPS) is 12.6. The minimum Gasteiger partial charge on any atom is -0.493 e. The second-order valence-corrected chi connectivity index (χ2v) is 7.41. The number of terminal acetylenes is 1. The second-order valence-electron chi connectivity index (χ2n) is 5.96. The Morgan fingerprint density at radius 1 is 1.17 bits per heavy atom. The number of rotatable bonds is 9. The molecule has 1 amide bonds. The Labute approximate surface area is 186 Å². The Balaban J connectivity index is 2.04. The summed E-state index contributed by atoms with van der Waals surface area (Å²) < 4.78 is 16.1. The summed E-state index contributed by atoms with van der Waals surface area (Å²) in [6.07, 6.45) is 5.77. The Morgan fingerprint density at radius 3 is 2.55 bits per heavy atom. The number of hydrogen-bond donors (Lipinski definition) is 2. The van der Waals surface area contributed by atoms with E-state index in [1.54, 1.807) is 31.4 Å². The third-order valence-electron chi connectivity index (χ3n) is 4.15. The number of carbonyl (C=O) groups is 1. The highest BCUT2D eigenvalue weighted by atomic mass is 35.5. The molecule has 8 heteroatoms. The van der Waals surface area contributed by atoms with Gasteiger partial charge in [0.25, 0.3) is 5.91 Å². The standard InChI is InChI=1S/C21H21Cl2NO4S/c1-4-11-28-18-8-5-14(12-19(18)26-2)9-10-24-20(25)21(29,27-3)15-6-7-16(22)17(23)13-15/h1,5-8,12-13,29H,9-11H2,2-3H3,(H,24,25). The van der Waals surface area contributed by atoms with Gasteiger partial charge in [-0.3, -0.25) is 4.79 Å². The molecule has 2 aromatic rings. The number of thiol groups is 1. The molecule has 0 aliphatic rings. The van der Waals surface area contributed by atoms with E-state index in [0.29, 0.717) is 40.1 Å². The first kappa shape index (κ1) is 23.2. The van der Waals surface area contributed by atoms with Crippen LogP contribution >= 0.6 is 35.8 Å². The molecule has 0 aliphatic heterocycles. The summed E-state index contributed by atoms with van der Waals surface area (Å²) in [4.78, 5) is 11.2. The maximum Gasteiger partial charge on any atom is 0.267 e. The SMILES string of the molecule is C#CCOc1ccc(CCNC(=O)C(S)(OC)c2ccc(Cl)c(Cl)c2)cc1OC. The average molecular weight is 454 g/mol. The molecule has 0 fully saturated rings. The topological polar surface area (TPSA) is 56.8 Å². The van der Waals surface area contributed by atoms with Gasteiger partial charge in [0.2, 0.25) is 4.93 Å². The molecule has 0 saturated heterocycles. The van der Waals surface area contributed by atoms with Crippen LogP contribution < -0.4 is 14.8 Å². The number of carbonyl (C=O) groups excluding carboxylic acids is 1. The number of halogens is 2. The van der Waals surface area contributed by atoms with Crippen molar-refractivity contribution >= 4 is 41.7 Å². The highest BCUT2D eigenvalue weighted by Crippen LogP contribution is 2.34. The highest BCUT2D eigenvalue weighted by Gasteiger charge is 2.36. The largest absolute Gasteiger partial charge is 0.493 e. The maximum absolute atomic E-state index is 12.7. The van der Waals surface area contributed by atoms with Gasteiger partial charge < -0.3 is 19.5 Å². The fourth-order valence-corrected chi connectivity index (χ4v) is 3.11. The summed E-state index contributed by atoms with van der Waals surface area (Å²) in [7, 11) is 2.95. The maximum atomic E-state index is 12.7. The molecule has 2 rings (SSSR count).